The minimum atomic E-state index is -1.35. The summed E-state index contributed by atoms with van der Waals surface area (Å²) < 4.78 is 27.8. The Kier molecular flexibility index (Phi) is 10.3. The molecule has 0 radical (unpaired) electrons. The third kappa shape index (κ3) is 8.24. The number of hydrogen-bond donors (Lipinski definition) is 1. The number of piperidine rings is 1. The number of carboxylic acids is 1. The van der Waals surface area contributed by atoms with E-state index in [1.165, 1.54) is 21.7 Å². The Morgan fingerprint density at radius 2 is 1.76 bits per heavy atom. The molecule has 0 aliphatic carbocycles. The second-order valence-corrected chi connectivity index (χ2v) is 13.2. The maximum Gasteiger partial charge on any atom is 0.410 e. The Morgan fingerprint density at radius 1 is 1.09 bits per heavy atom. The highest BCUT2D eigenvalue weighted by molar-refractivity contribution is 5.94. The Labute approximate surface area is 262 Å². The molecular formula is C33H42FN5O6. The molecule has 1 aliphatic heterocycles. The van der Waals surface area contributed by atoms with Crippen LogP contribution in [0.3, 0.4) is 0 Å². The van der Waals surface area contributed by atoms with Gasteiger partial charge in [-0.3, -0.25) is 9.59 Å². The Balaban J connectivity index is 1.72. The SMILES string of the molecule is CC(C)CN(C(=O)c1nnn(-c2ccccc2F)c1COCc1ccccc1)[C@@H]1CN(C(=O)OC(C)(C)C)C[C@](C)(C(=O)O)C1. The molecule has 45 heavy (non-hydrogen) atoms. The van der Waals surface area contributed by atoms with Gasteiger partial charge in [0.05, 0.1) is 24.7 Å². The number of ether oxygens (including phenoxy) is 2. The molecule has 1 saturated heterocycles. The average molecular weight is 624 g/mol. The lowest BCUT2D eigenvalue weighted by molar-refractivity contribution is -0.152. The Hall–Kier alpha value is -4.32. The fourth-order valence-electron chi connectivity index (χ4n) is 5.40. The maximum atomic E-state index is 14.9. The Morgan fingerprint density at radius 3 is 2.38 bits per heavy atom. The van der Waals surface area contributed by atoms with Gasteiger partial charge in [0.2, 0.25) is 0 Å². The van der Waals surface area contributed by atoms with Crippen LogP contribution in [0.15, 0.2) is 54.6 Å². The molecule has 1 aromatic heterocycles. The molecule has 1 N–H and O–H groups in total. The minimum absolute atomic E-state index is 0.0127. The van der Waals surface area contributed by atoms with E-state index >= 15 is 0 Å². The van der Waals surface area contributed by atoms with Crippen LogP contribution in [-0.4, -0.2) is 79.1 Å². The minimum Gasteiger partial charge on any atom is -0.481 e. The van der Waals surface area contributed by atoms with Crippen molar-refractivity contribution in [2.45, 2.75) is 72.8 Å². The van der Waals surface area contributed by atoms with Gasteiger partial charge in [-0.1, -0.05) is 61.5 Å². The number of carbonyl (C=O) groups is 3. The smallest absolute Gasteiger partial charge is 0.410 e. The van der Waals surface area contributed by atoms with Gasteiger partial charge in [0.1, 0.15) is 22.8 Å². The van der Waals surface area contributed by atoms with Gasteiger partial charge in [0.15, 0.2) is 5.69 Å². The number of halogens is 1. The van der Waals surface area contributed by atoms with Crippen LogP contribution < -0.4 is 0 Å². The lowest BCUT2D eigenvalue weighted by Crippen LogP contribution is -2.60. The number of carbonyl (C=O) groups excluding carboxylic acids is 2. The molecule has 0 spiro atoms. The number of aromatic nitrogens is 3. The second kappa shape index (κ2) is 13.8. The summed E-state index contributed by atoms with van der Waals surface area (Å²) in [5.41, 5.74) is -0.924. The first-order chi connectivity index (χ1) is 21.2. The molecule has 2 atom stereocenters. The number of aliphatic carboxylic acids is 1. The number of carboxylic acid groups (broad SMARTS) is 1. The molecule has 12 heteroatoms. The van der Waals surface area contributed by atoms with Crippen LogP contribution in [0, 0.1) is 17.2 Å². The monoisotopic (exact) mass is 623 g/mol. The van der Waals surface area contributed by atoms with Crippen LogP contribution in [0.4, 0.5) is 9.18 Å². The molecule has 2 heterocycles. The molecule has 2 aromatic carbocycles. The van der Waals surface area contributed by atoms with Crippen molar-refractivity contribution in [1.29, 1.82) is 0 Å². The summed E-state index contributed by atoms with van der Waals surface area (Å²) >= 11 is 0. The van der Waals surface area contributed by atoms with E-state index in [2.05, 4.69) is 10.3 Å². The number of rotatable bonds is 10. The molecule has 0 unspecified atom stereocenters. The predicted octanol–water partition coefficient (Wildman–Crippen LogP) is 5.32. The first kappa shape index (κ1) is 33.6. The number of amides is 2. The van der Waals surface area contributed by atoms with E-state index in [1.54, 1.807) is 44.7 Å². The van der Waals surface area contributed by atoms with Gasteiger partial charge >= 0.3 is 12.1 Å². The summed E-state index contributed by atoms with van der Waals surface area (Å²) in [5, 5.41) is 18.6. The molecule has 0 bridgehead atoms. The van der Waals surface area contributed by atoms with Crippen molar-refractivity contribution in [2.75, 3.05) is 19.6 Å². The van der Waals surface area contributed by atoms with Crippen LogP contribution in [0.1, 0.15) is 69.7 Å². The highest BCUT2D eigenvalue weighted by Gasteiger charge is 2.47. The van der Waals surface area contributed by atoms with E-state index in [9.17, 15) is 23.9 Å². The Bertz CT molecular complexity index is 1500. The highest BCUT2D eigenvalue weighted by Crippen LogP contribution is 2.34. The third-order valence-electron chi connectivity index (χ3n) is 7.49. The zero-order chi connectivity index (χ0) is 32.9. The molecule has 4 rings (SSSR count). The molecule has 1 fully saturated rings. The van der Waals surface area contributed by atoms with E-state index in [0.29, 0.717) is 0 Å². The summed E-state index contributed by atoms with van der Waals surface area (Å²) in [4.78, 5) is 43.0. The van der Waals surface area contributed by atoms with Crippen LogP contribution in [0.25, 0.3) is 5.69 Å². The van der Waals surface area contributed by atoms with Crippen LogP contribution in [0.5, 0.6) is 0 Å². The van der Waals surface area contributed by atoms with Crippen molar-refractivity contribution < 1.29 is 33.4 Å². The van der Waals surface area contributed by atoms with Gasteiger partial charge in [0, 0.05) is 19.6 Å². The summed E-state index contributed by atoms with van der Waals surface area (Å²) in [7, 11) is 0. The highest BCUT2D eigenvalue weighted by atomic mass is 19.1. The quantitative estimate of drug-likeness (QED) is 0.322. The van der Waals surface area contributed by atoms with Gasteiger partial charge < -0.3 is 24.4 Å². The molecule has 11 nitrogen and oxygen atoms in total. The third-order valence-corrected chi connectivity index (χ3v) is 7.49. The maximum absolute atomic E-state index is 14.9. The molecule has 242 valence electrons. The first-order valence-electron chi connectivity index (χ1n) is 15.0. The number of para-hydroxylation sites is 1. The number of likely N-dealkylation sites (tertiary alicyclic amines) is 1. The molecular weight excluding hydrogens is 581 g/mol. The van der Waals surface area contributed by atoms with Gasteiger partial charge in [0.25, 0.3) is 5.91 Å². The van der Waals surface area contributed by atoms with Gasteiger partial charge in [-0.05, 0) is 57.7 Å². The predicted molar refractivity (Wildman–Crippen MR) is 164 cm³/mol. The fourth-order valence-corrected chi connectivity index (χ4v) is 5.40. The normalized spacial score (nSPS) is 18.6. The molecule has 3 aromatic rings. The molecule has 0 saturated carbocycles. The topological polar surface area (TPSA) is 127 Å². The van der Waals surface area contributed by atoms with Gasteiger partial charge in [-0.2, -0.15) is 0 Å². The number of benzene rings is 2. The van der Waals surface area contributed by atoms with E-state index < -0.39 is 40.8 Å². The van der Waals surface area contributed by atoms with E-state index in [1.807, 2.05) is 44.2 Å². The standard InChI is InChI=1S/C33H42FN5O6/c1-22(2)17-38(24-16-33(6,30(41)42)21-37(18-24)31(43)45-32(3,4)5)29(40)28-27(20-44-19-23-12-8-7-9-13-23)39(36-35-28)26-15-11-10-14-25(26)34/h7-15,22,24H,16-21H2,1-6H3,(H,41,42)/t24-,33+/m0/s1. The summed E-state index contributed by atoms with van der Waals surface area (Å²) in [6, 6.07) is 14.8. The van der Waals surface area contributed by atoms with Crippen molar-refractivity contribution in [2.24, 2.45) is 11.3 Å². The van der Waals surface area contributed by atoms with Crippen molar-refractivity contribution in [1.82, 2.24) is 24.8 Å². The zero-order valence-electron chi connectivity index (χ0n) is 26.7. The lowest BCUT2D eigenvalue weighted by atomic mass is 9.79. The van der Waals surface area contributed by atoms with Gasteiger partial charge in [-0.25, -0.2) is 13.9 Å². The van der Waals surface area contributed by atoms with E-state index in [4.69, 9.17) is 9.47 Å². The molecule has 1 aliphatic rings. The summed E-state index contributed by atoms with van der Waals surface area (Å²) in [5.74, 6) is -2.17. The number of nitrogens with zero attached hydrogens (tertiary/aromatic N) is 5. The van der Waals surface area contributed by atoms with Crippen molar-refractivity contribution in [3.8, 4) is 5.69 Å². The molecule has 2 amide bonds. The summed E-state index contributed by atoms with van der Waals surface area (Å²) in [6.45, 7) is 11.0. The second-order valence-electron chi connectivity index (χ2n) is 13.2. The van der Waals surface area contributed by atoms with Crippen molar-refractivity contribution in [3.63, 3.8) is 0 Å². The van der Waals surface area contributed by atoms with Gasteiger partial charge in [-0.15, -0.1) is 5.10 Å². The van der Waals surface area contributed by atoms with Crippen LogP contribution in [0.2, 0.25) is 0 Å². The van der Waals surface area contributed by atoms with Crippen molar-refractivity contribution >= 4 is 18.0 Å². The van der Waals surface area contributed by atoms with E-state index in [-0.39, 0.29) is 62.3 Å². The van der Waals surface area contributed by atoms with Crippen molar-refractivity contribution in [3.05, 3.63) is 77.4 Å². The largest absolute Gasteiger partial charge is 0.481 e. The zero-order valence-corrected chi connectivity index (χ0v) is 26.7. The van der Waals surface area contributed by atoms with Crippen LogP contribution in [-0.2, 0) is 27.5 Å². The number of hydrogen-bond acceptors (Lipinski definition) is 7. The first-order valence-corrected chi connectivity index (χ1v) is 15.0. The lowest BCUT2D eigenvalue weighted by Gasteiger charge is -2.46. The summed E-state index contributed by atoms with van der Waals surface area (Å²) in [6.07, 6.45) is -0.557. The fraction of sp³-hybridized carbons (Fsp3) is 0.485. The van der Waals surface area contributed by atoms with E-state index in [0.717, 1.165) is 5.56 Å². The average Bonchev–Trinajstić information content (AvgIpc) is 3.38. The van der Waals surface area contributed by atoms with Crippen LogP contribution >= 0.6 is 0 Å².